The molecule has 25 heavy (non-hydrogen) atoms. The van der Waals surface area contributed by atoms with Crippen LogP contribution in [0.4, 0.5) is 4.79 Å². The Kier molecular flexibility index (Phi) is 6.79. The van der Waals surface area contributed by atoms with E-state index in [1.807, 2.05) is 28.9 Å². The molecule has 1 aliphatic heterocycles. The van der Waals surface area contributed by atoms with Crippen molar-refractivity contribution in [3.05, 3.63) is 30.1 Å². The Morgan fingerprint density at radius 3 is 2.28 bits per heavy atom. The summed E-state index contributed by atoms with van der Waals surface area (Å²) >= 11 is 0. The average Bonchev–Trinajstić information content (AvgIpc) is 2.65. The summed E-state index contributed by atoms with van der Waals surface area (Å²) in [5.74, 6) is 0.213. The van der Waals surface area contributed by atoms with Crippen molar-refractivity contribution in [2.45, 2.75) is 39.2 Å². The van der Waals surface area contributed by atoms with Gasteiger partial charge < -0.3 is 14.7 Å². The van der Waals surface area contributed by atoms with Crippen molar-refractivity contribution >= 4 is 11.9 Å². The number of carbonyl (C=O) groups excluding carboxylic acids is 2. The van der Waals surface area contributed by atoms with Crippen LogP contribution in [0.1, 0.15) is 44.7 Å². The summed E-state index contributed by atoms with van der Waals surface area (Å²) in [4.78, 5) is 34.7. The molecule has 1 aromatic heterocycles. The van der Waals surface area contributed by atoms with Gasteiger partial charge in [-0.1, -0.05) is 6.92 Å². The molecule has 2 heterocycles. The number of nitrogens with zero attached hydrogens (tertiary/aromatic N) is 4. The van der Waals surface area contributed by atoms with E-state index >= 15 is 0 Å². The monoisotopic (exact) mass is 346 g/mol. The second kappa shape index (κ2) is 8.83. The normalized spacial score (nSPS) is 16.4. The zero-order chi connectivity index (χ0) is 18.4. The molecule has 0 aromatic carbocycles. The fourth-order valence-corrected chi connectivity index (χ4v) is 3.59. The average molecular weight is 346 g/mol. The van der Waals surface area contributed by atoms with Crippen LogP contribution in [0, 0.1) is 5.92 Å². The molecule has 0 spiro atoms. The molecule has 0 aliphatic carbocycles. The topological polar surface area (TPSA) is 56.8 Å². The van der Waals surface area contributed by atoms with Crippen molar-refractivity contribution in [2.75, 3.05) is 33.7 Å². The van der Waals surface area contributed by atoms with Crippen LogP contribution in [0.15, 0.2) is 24.5 Å². The standard InChI is InChI=1S/C19H30N4O2/c1-5-17(15-7-11-20-12-8-15)23(6-2)18(24)16-9-13-22(14-10-16)19(25)21(3)4/h7-8,11-12,16-17H,5-6,9-10,13-14H2,1-4H3/t17-/m0/s1. The largest absolute Gasteiger partial charge is 0.336 e. The first-order valence-electron chi connectivity index (χ1n) is 9.16. The van der Waals surface area contributed by atoms with E-state index in [1.54, 1.807) is 31.4 Å². The number of urea groups is 1. The van der Waals surface area contributed by atoms with Crippen molar-refractivity contribution in [3.8, 4) is 0 Å². The molecule has 1 saturated heterocycles. The number of rotatable bonds is 5. The summed E-state index contributed by atoms with van der Waals surface area (Å²) in [6.07, 6.45) is 5.91. The molecule has 3 amide bonds. The van der Waals surface area contributed by atoms with Crippen LogP contribution in [0.3, 0.4) is 0 Å². The third-order valence-electron chi connectivity index (χ3n) is 4.97. The van der Waals surface area contributed by atoms with Gasteiger partial charge in [-0.3, -0.25) is 9.78 Å². The number of pyridine rings is 1. The van der Waals surface area contributed by atoms with E-state index in [9.17, 15) is 9.59 Å². The summed E-state index contributed by atoms with van der Waals surface area (Å²) in [5.41, 5.74) is 1.13. The first-order valence-corrected chi connectivity index (χ1v) is 9.16. The summed E-state index contributed by atoms with van der Waals surface area (Å²) in [7, 11) is 3.53. The quantitative estimate of drug-likeness (QED) is 0.824. The third-order valence-corrected chi connectivity index (χ3v) is 4.97. The number of carbonyl (C=O) groups is 2. The van der Waals surface area contributed by atoms with Crippen molar-refractivity contribution in [1.29, 1.82) is 0 Å². The van der Waals surface area contributed by atoms with E-state index in [1.165, 1.54) is 0 Å². The van der Waals surface area contributed by atoms with Crippen molar-refractivity contribution < 1.29 is 9.59 Å². The molecule has 6 heteroatoms. The Bertz CT molecular complexity index is 568. The highest BCUT2D eigenvalue weighted by atomic mass is 16.2. The number of amides is 3. The van der Waals surface area contributed by atoms with Crippen LogP contribution >= 0.6 is 0 Å². The number of likely N-dealkylation sites (tertiary alicyclic amines) is 1. The van der Waals surface area contributed by atoms with Crippen LogP contribution in [-0.2, 0) is 4.79 Å². The van der Waals surface area contributed by atoms with Gasteiger partial charge in [-0.05, 0) is 43.9 Å². The van der Waals surface area contributed by atoms with Crippen LogP contribution in [0.2, 0.25) is 0 Å². The maximum Gasteiger partial charge on any atom is 0.319 e. The molecule has 1 atom stereocenters. The van der Waals surface area contributed by atoms with Gasteiger partial charge in [0.25, 0.3) is 0 Å². The number of hydrogen-bond acceptors (Lipinski definition) is 3. The predicted octanol–water partition coefficient (Wildman–Crippen LogP) is 2.77. The van der Waals surface area contributed by atoms with Crippen LogP contribution in [0.25, 0.3) is 0 Å². The van der Waals surface area contributed by atoms with Gasteiger partial charge in [-0.25, -0.2) is 4.79 Å². The second-order valence-electron chi connectivity index (χ2n) is 6.77. The molecule has 1 fully saturated rings. The van der Waals surface area contributed by atoms with Gasteiger partial charge in [0.2, 0.25) is 5.91 Å². The summed E-state index contributed by atoms with van der Waals surface area (Å²) in [6, 6.07) is 4.09. The van der Waals surface area contributed by atoms with Gasteiger partial charge in [0.05, 0.1) is 6.04 Å². The molecule has 6 nitrogen and oxygen atoms in total. The Labute approximate surface area is 150 Å². The van der Waals surface area contributed by atoms with E-state index in [-0.39, 0.29) is 23.9 Å². The molecule has 138 valence electrons. The molecule has 0 saturated carbocycles. The van der Waals surface area contributed by atoms with Gasteiger partial charge >= 0.3 is 6.03 Å². The summed E-state index contributed by atoms with van der Waals surface area (Å²) < 4.78 is 0. The summed E-state index contributed by atoms with van der Waals surface area (Å²) in [5, 5.41) is 0. The maximum atomic E-state index is 13.1. The zero-order valence-electron chi connectivity index (χ0n) is 15.8. The van der Waals surface area contributed by atoms with Crippen LogP contribution in [-0.4, -0.2) is 65.4 Å². The van der Waals surface area contributed by atoms with Crippen LogP contribution < -0.4 is 0 Å². The highest BCUT2D eigenvalue weighted by Crippen LogP contribution is 2.28. The summed E-state index contributed by atoms with van der Waals surface area (Å²) in [6.45, 7) is 6.14. The number of piperidine rings is 1. The molecule has 0 bridgehead atoms. The van der Waals surface area contributed by atoms with Gasteiger partial charge in [0.1, 0.15) is 0 Å². The first kappa shape index (κ1) is 19.2. The maximum absolute atomic E-state index is 13.1. The lowest BCUT2D eigenvalue weighted by molar-refractivity contribution is -0.139. The van der Waals surface area contributed by atoms with E-state index in [2.05, 4.69) is 11.9 Å². The highest BCUT2D eigenvalue weighted by Gasteiger charge is 2.32. The Hall–Kier alpha value is -2.11. The second-order valence-corrected chi connectivity index (χ2v) is 6.77. The highest BCUT2D eigenvalue weighted by molar-refractivity contribution is 5.80. The molecule has 0 N–H and O–H groups in total. The fourth-order valence-electron chi connectivity index (χ4n) is 3.59. The zero-order valence-corrected chi connectivity index (χ0v) is 15.8. The minimum atomic E-state index is 0.00190. The van der Waals surface area contributed by atoms with Crippen LogP contribution in [0.5, 0.6) is 0 Å². The van der Waals surface area contributed by atoms with Crippen molar-refractivity contribution in [2.24, 2.45) is 5.92 Å². The first-order chi connectivity index (χ1) is 12.0. The fraction of sp³-hybridized carbons (Fsp3) is 0.632. The van der Waals surface area contributed by atoms with E-state index in [0.717, 1.165) is 24.8 Å². The number of hydrogen-bond donors (Lipinski definition) is 0. The molecule has 2 rings (SSSR count). The molecule has 1 aromatic rings. The molecule has 1 aliphatic rings. The van der Waals surface area contributed by atoms with Crippen molar-refractivity contribution in [3.63, 3.8) is 0 Å². The smallest absolute Gasteiger partial charge is 0.319 e. The third kappa shape index (κ3) is 4.50. The van der Waals surface area contributed by atoms with Gasteiger partial charge in [-0.2, -0.15) is 0 Å². The lowest BCUT2D eigenvalue weighted by Crippen LogP contribution is -2.47. The van der Waals surface area contributed by atoms with Gasteiger partial charge in [-0.15, -0.1) is 0 Å². The van der Waals surface area contributed by atoms with Crippen molar-refractivity contribution in [1.82, 2.24) is 19.7 Å². The lowest BCUT2D eigenvalue weighted by atomic mass is 9.93. The minimum absolute atomic E-state index is 0.00190. The lowest BCUT2D eigenvalue weighted by Gasteiger charge is -2.37. The minimum Gasteiger partial charge on any atom is -0.336 e. The van der Waals surface area contributed by atoms with E-state index < -0.39 is 0 Å². The molecule has 0 radical (unpaired) electrons. The van der Waals surface area contributed by atoms with E-state index in [0.29, 0.717) is 19.6 Å². The molecular formula is C19H30N4O2. The van der Waals surface area contributed by atoms with Gasteiger partial charge in [0.15, 0.2) is 0 Å². The predicted molar refractivity (Wildman–Crippen MR) is 98.0 cm³/mol. The Morgan fingerprint density at radius 2 is 1.80 bits per heavy atom. The SMILES string of the molecule is CC[C@@H](c1ccncc1)N(CC)C(=O)C1CCN(C(=O)N(C)C)CC1. The van der Waals surface area contributed by atoms with Gasteiger partial charge in [0, 0.05) is 52.0 Å². The molecule has 0 unspecified atom stereocenters. The Balaban J connectivity index is 2.04. The van der Waals surface area contributed by atoms with E-state index in [4.69, 9.17) is 0 Å². The Morgan fingerprint density at radius 1 is 1.20 bits per heavy atom. The molecular weight excluding hydrogens is 316 g/mol. The number of aromatic nitrogens is 1.